The second-order valence-electron chi connectivity index (χ2n) is 4.29. The summed E-state index contributed by atoms with van der Waals surface area (Å²) < 4.78 is 0. The number of aromatic nitrogens is 1. The van der Waals surface area contributed by atoms with E-state index >= 15 is 0 Å². The van der Waals surface area contributed by atoms with Crippen LogP contribution in [0.5, 0.6) is 0 Å². The van der Waals surface area contributed by atoms with E-state index in [-0.39, 0.29) is 18.4 Å². The predicted molar refractivity (Wildman–Crippen MR) is 79.9 cm³/mol. The molecule has 0 spiro atoms. The van der Waals surface area contributed by atoms with Crippen LogP contribution in [0.2, 0.25) is 5.02 Å². The van der Waals surface area contributed by atoms with Crippen LogP contribution < -0.4 is 10.6 Å². The number of pyridine rings is 1. The zero-order chi connectivity index (χ0) is 15.1. The molecule has 0 saturated heterocycles. The number of hydrogen-bond acceptors (Lipinski definition) is 3. The largest absolute Gasteiger partial charge is 0.350 e. The molecule has 1 aromatic heterocycles. The quantitative estimate of drug-likeness (QED) is 0.884. The molecule has 0 radical (unpaired) electrons. The summed E-state index contributed by atoms with van der Waals surface area (Å²) in [6, 6.07) is 10.3. The minimum Gasteiger partial charge on any atom is -0.350 e. The number of nitrogens with zero attached hydrogens (tertiary/aromatic N) is 1. The number of carbonyl (C=O) groups is 2. The van der Waals surface area contributed by atoms with E-state index in [4.69, 9.17) is 11.6 Å². The standard InChI is InChI=1S/C15H14ClN3O2/c16-13-4-2-1-3-12(13)15(21)19-10-14(20)18-9-11-5-7-17-8-6-11/h1-8H,9-10H2,(H,18,20)(H,19,21). The molecular weight excluding hydrogens is 290 g/mol. The normalized spacial score (nSPS) is 9.95. The first-order chi connectivity index (χ1) is 10.2. The van der Waals surface area contributed by atoms with Crippen LogP contribution in [0.25, 0.3) is 0 Å². The first kappa shape index (κ1) is 15.0. The van der Waals surface area contributed by atoms with Crippen molar-refractivity contribution in [1.29, 1.82) is 0 Å². The van der Waals surface area contributed by atoms with Crippen molar-refractivity contribution in [2.24, 2.45) is 0 Å². The van der Waals surface area contributed by atoms with E-state index in [1.54, 1.807) is 36.7 Å². The molecule has 21 heavy (non-hydrogen) atoms. The van der Waals surface area contributed by atoms with Crippen molar-refractivity contribution in [3.05, 3.63) is 64.9 Å². The van der Waals surface area contributed by atoms with Gasteiger partial charge in [0.1, 0.15) is 0 Å². The molecule has 0 unspecified atom stereocenters. The lowest BCUT2D eigenvalue weighted by molar-refractivity contribution is -0.120. The molecule has 6 heteroatoms. The van der Waals surface area contributed by atoms with Gasteiger partial charge in [0, 0.05) is 18.9 Å². The third kappa shape index (κ3) is 4.57. The molecule has 2 amide bonds. The Balaban J connectivity index is 1.79. The third-order valence-corrected chi connectivity index (χ3v) is 3.10. The molecule has 2 aromatic rings. The fourth-order valence-electron chi connectivity index (χ4n) is 1.66. The molecule has 0 aliphatic rings. The van der Waals surface area contributed by atoms with Gasteiger partial charge in [-0.05, 0) is 29.8 Å². The van der Waals surface area contributed by atoms with Gasteiger partial charge in [-0.2, -0.15) is 0 Å². The van der Waals surface area contributed by atoms with Crippen molar-refractivity contribution in [1.82, 2.24) is 15.6 Å². The van der Waals surface area contributed by atoms with Crippen LogP contribution in [-0.2, 0) is 11.3 Å². The van der Waals surface area contributed by atoms with Gasteiger partial charge in [-0.1, -0.05) is 23.7 Å². The van der Waals surface area contributed by atoms with Crippen molar-refractivity contribution < 1.29 is 9.59 Å². The fourth-order valence-corrected chi connectivity index (χ4v) is 1.89. The van der Waals surface area contributed by atoms with Crippen LogP contribution >= 0.6 is 11.6 Å². The predicted octanol–water partition coefficient (Wildman–Crippen LogP) is 1.78. The minimum atomic E-state index is -0.375. The highest BCUT2D eigenvalue weighted by Gasteiger charge is 2.10. The van der Waals surface area contributed by atoms with Gasteiger partial charge in [-0.15, -0.1) is 0 Å². The Morgan fingerprint density at radius 3 is 2.48 bits per heavy atom. The summed E-state index contributed by atoms with van der Waals surface area (Å²) in [5.41, 5.74) is 1.29. The summed E-state index contributed by atoms with van der Waals surface area (Å²) in [6.07, 6.45) is 3.31. The first-order valence-electron chi connectivity index (χ1n) is 6.35. The van der Waals surface area contributed by atoms with Crippen LogP contribution in [0.1, 0.15) is 15.9 Å². The Morgan fingerprint density at radius 2 is 1.76 bits per heavy atom. The zero-order valence-corrected chi connectivity index (χ0v) is 11.9. The Kier molecular flexibility index (Phi) is 5.29. The Hall–Kier alpha value is -2.40. The first-order valence-corrected chi connectivity index (χ1v) is 6.73. The van der Waals surface area contributed by atoms with Gasteiger partial charge in [0.05, 0.1) is 17.1 Å². The van der Waals surface area contributed by atoms with E-state index < -0.39 is 0 Å². The van der Waals surface area contributed by atoms with Crippen LogP contribution in [0.15, 0.2) is 48.8 Å². The Labute approximate surface area is 127 Å². The van der Waals surface area contributed by atoms with E-state index in [1.165, 1.54) is 0 Å². The summed E-state index contributed by atoms with van der Waals surface area (Å²) in [5.74, 6) is -0.646. The molecule has 0 saturated carbocycles. The van der Waals surface area contributed by atoms with Gasteiger partial charge < -0.3 is 10.6 Å². The molecule has 0 aliphatic carbocycles. The molecule has 0 bridgehead atoms. The highest BCUT2D eigenvalue weighted by Crippen LogP contribution is 2.14. The van der Waals surface area contributed by atoms with Gasteiger partial charge >= 0.3 is 0 Å². The molecule has 5 nitrogen and oxygen atoms in total. The van der Waals surface area contributed by atoms with E-state index in [0.29, 0.717) is 17.1 Å². The van der Waals surface area contributed by atoms with Crippen LogP contribution in [0.4, 0.5) is 0 Å². The maximum atomic E-state index is 11.9. The van der Waals surface area contributed by atoms with E-state index in [2.05, 4.69) is 15.6 Å². The van der Waals surface area contributed by atoms with Crippen LogP contribution in [0.3, 0.4) is 0 Å². The summed E-state index contributed by atoms with van der Waals surface area (Å²) in [7, 11) is 0. The van der Waals surface area contributed by atoms with Crippen LogP contribution in [-0.4, -0.2) is 23.3 Å². The second kappa shape index (κ2) is 7.40. The Bertz CT molecular complexity index is 632. The third-order valence-electron chi connectivity index (χ3n) is 2.77. The van der Waals surface area contributed by atoms with Gasteiger partial charge in [0.2, 0.25) is 5.91 Å². The molecule has 0 aliphatic heterocycles. The highest BCUT2D eigenvalue weighted by molar-refractivity contribution is 6.33. The minimum absolute atomic E-state index is 0.102. The summed E-state index contributed by atoms with van der Waals surface area (Å²) in [5, 5.41) is 5.59. The van der Waals surface area contributed by atoms with Crippen molar-refractivity contribution in [2.75, 3.05) is 6.54 Å². The summed E-state index contributed by atoms with van der Waals surface area (Å²) in [6.45, 7) is 0.290. The van der Waals surface area contributed by atoms with Gasteiger partial charge in [0.25, 0.3) is 5.91 Å². The second-order valence-corrected chi connectivity index (χ2v) is 4.70. The van der Waals surface area contributed by atoms with Gasteiger partial charge in [-0.25, -0.2) is 0 Å². The maximum absolute atomic E-state index is 11.9. The van der Waals surface area contributed by atoms with Crippen molar-refractivity contribution in [2.45, 2.75) is 6.54 Å². The SMILES string of the molecule is O=C(CNC(=O)c1ccccc1Cl)NCc1ccncc1. The van der Waals surface area contributed by atoms with Crippen LogP contribution in [0, 0.1) is 0 Å². The fraction of sp³-hybridized carbons (Fsp3) is 0.133. The van der Waals surface area contributed by atoms with Gasteiger partial charge in [0.15, 0.2) is 0 Å². The number of benzene rings is 1. The molecule has 1 aromatic carbocycles. The molecule has 2 rings (SSSR count). The number of halogens is 1. The smallest absolute Gasteiger partial charge is 0.253 e. The molecule has 2 N–H and O–H groups in total. The number of amides is 2. The Morgan fingerprint density at radius 1 is 1.05 bits per heavy atom. The molecule has 0 fully saturated rings. The van der Waals surface area contributed by atoms with E-state index in [9.17, 15) is 9.59 Å². The highest BCUT2D eigenvalue weighted by atomic mass is 35.5. The lowest BCUT2D eigenvalue weighted by Gasteiger charge is -2.07. The van der Waals surface area contributed by atoms with E-state index in [1.807, 2.05) is 12.1 Å². The molecule has 108 valence electrons. The lowest BCUT2D eigenvalue weighted by atomic mass is 10.2. The lowest BCUT2D eigenvalue weighted by Crippen LogP contribution is -2.36. The molecular formula is C15H14ClN3O2. The number of rotatable bonds is 5. The zero-order valence-electron chi connectivity index (χ0n) is 11.2. The number of nitrogens with one attached hydrogen (secondary N) is 2. The van der Waals surface area contributed by atoms with Gasteiger partial charge in [-0.3, -0.25) is 14.6 Å². The molecule has 0 atom stereocenters. The average molecular weight is 304 g/mol. The van der Waals surface area contributed by atoms with E-state index in [0.717, 1.165) is 5.56 Å². The maximum Gasteiger partial charge on any atom is 0.253 e. The summed E-state index contributed by atoms with van der Waals surface area (Å²) >= 11 is 5.91. The number of carbonyl (C=O) groups excluding carboxylic acids is 2. The molecule has 1 heterocycles. The van der Waals surface area contributed by atoms with Crippen molar-refractivity contribution in [3.63, 3.8) is 0 Å². The topological polar surface area (TPSA) is 71.1 Å². The monoisotopic (exact) mass is 303 g/mol. The number of hydrogen-bond donors (Lipinski definition) is 2. The van der Waals surface area contributed by atoms with Crippen molar-refractivity contribution >= 4 is 23.4 Å². The van der Waals surface area contributed by atoms with Crippen molar-refractivity contribution in [3.8, 4) is 0 Å². The average Bonchev–Trinajstić information content (AvgIpc) is 2.52. The summed E-state index contributed by atoms with van der Waals surface area (Å²) in [4.78, 5) is 27.4.